The summed E-state index contributed by atoms with van der Waals surface area (Å²) in [5.74, 6) is -2.45. The minimum Gasteiger partial charge on any atom is -0.358 e. The third-order valence-electron chi connectivity index (χ3n) is 2.09. The van der Waals surface area contributed by atoms with Crippen molar-refractivity contribution >= 4 is 17.3 Å². The standard InChI is InChI=1S/C5H3N9O6/c15-12(16)3-4(13(17)18)8-11(5(3)14(19)20)1-2-6-9-10-7-2/h1H2,(H,6,7,9,10). The Morgan fingerprint density at radius 3 is 2.25 bits per heavy atom. The molecule has 15 nitrogen and oxygen atoms in total. The molecule has 0 radical (unpaired) electrons. The number of aromatic amines is 1. The smallest absolute Gasteiger partial charge is 0.358 e. The van der Waals surface area contributed by atoms with Crippen LogP contribution in [-0.2, 0) is 6.54 Å². The second-order valence-electron chi connectivity index (χ2n) is 3.25. The maximum atomic E-state index is 10.9. The highest BCUT2D eigenvalue weighted by atomic mass is 16.7. The van der Waals surface area contributed by atoms with Gasteiger partial charge in [0, 0.05) is 0 Å². The first-order valence-electron chi connectivity index (χ1n) is 4.68. The molecule has 0 amide bonds. The van der Waals surface area contributed by atoms with Gasteiger partial charge in [0.2, 0.25) is 5.82 Å². The fourth-order valence-electron chi connectivity index (χ4n) is 1.39. The van der Waals surface area contributed by atoms with Crippen LogP contribution < -0.4 is 0 Å². The van der Waals surface area contributed by atoms with Crippen molar-refractivity contribution in [2.45, 2.75) is 6.54 Å². The van der Waals surface area contributed by atoms with Gasteiger partial charge in [0.25, 0.3) is 0 Å². The topological polar surface area (TPSA) is 202 Å². The van der Waals surface area contributed by atoms with Gasteiger partial charge in [-0.1, -0.05) is 5.21 Å². The number of aromatic nitrogens is 6. The third kappa shape index (κ3) is 2.09. The van der Waals surface area contributed by atoms with Gasteiger partial charge < -0.3 is 20.2 Å². The number of nitro groups is 3. The van der Waals surface area contributed by atoms with Gasteiger partial charge in [-0.05, 0) is 14.5 Å². The van der Waals surface area contributed by atoms with E-state index >= 15 is 0 Å². The van der Waals surface area contributed by atoms with E-state index in [2.05, 4.69) is 25.7 Å². The number of nitrogens with zero attached hydrogens (tertiary/aromatic N) is 8. The Balaban J connectivity index is 2.61. The van der Waals surface area contributed by atoms with Crippen molar-refractivity contribution in [2.24, 2.45) is 0 Å². The number of tetrazole rings is 1. The number of hydrogen-bond donors (Lipinski definition) is 1. The van der Waals surface area contributed by atoms with E-state index in [4.69, 9.17) is 0 Å². The van der Waals surface area contributed by atoms with Crippen LogP contribution in [0.3, 0.4) is 0 Å². The molecule has 2 heterocycles. The van der Waals surface area contributed by atoms with Crippen molar-refractivity contribution in [3.8, 4) is 0 Å². The van der Waals surface area contributed by atoms with Crippen molar-refractivity contribution < 1.29 is 14.8 Å². The predicted molar refractivity (Wildman–Crippen MR) is 55.5 cm³/mol. The number of rotatable bonds is 5. The molecule has 0 aliphatic rings. The third-order valence-corrected chi connectivity index (χ3v) is 2.09. The Labute approximate surface area is 106 Å². The maximum absolute atomic E-state index is 10.9. The summed E-state index contributed by atoms with van der Waals surface area (Å²) in [6, 6.07) is 0. The van der Waals surface area contributed by atoms with Gasteiger partial charge in [-0.15, -0.1) is 10.2 Å². The summed E-state index contributed by atoms with van der Waals surface area (Å²) in [7, 11) is 0. The molecule has 2 aromatic heterocycles. The zero-order valence-electron chi connectivity index (χ0n) is 9.23. The Hall–Kier alpha value is -3.52. The van der Waals surface area contributed by atoms with E-state index in [1.54, 1.807) is 0 Å². The number of nitrogens with one attached hydrogen (secondary N) is 1. The first kappa shape index (κ1) is 12.9. The summed E-state index contributed by atoms with van der Waals surface area (Å²) in [5.41, 5.74) is -1.30. The highest BCUT2D eigenvalue weighted by Gasteiger charge is 2.46. The molecule has 0 atom stereocenters. The molecule has 0 fully saturated rings. The summed E-state index contributed by atoms with van der Waals surface area (Å²) < 4.78 is 0.459. The van der Waals surface area contributed by atoms with E-state index in [1.165, 1.54) is 0 Å². The van der Waals surface area contributed by atoms with Crippen molar-refractivity contribution in [2.75, 3.05) is 0 Å². The highest BCUT2D eigenvalue weighted by Crippen LogP contribution is 2.35. The molecular weight excluding hydrogens is 282 g/mol. The lowest BCUT2D eigenvalue weighted by Gasteiger charge is -1.92. The zero-order chi connectivity index (χ0) is 14.9. The largest absolute Gasteiger partial charge is 0.498 e. The molecule has 0 aliphatic carbocycles. The van der Waals surface area contributed by atoms with Crippen LogP contribution in [0, 0.1) is 30.3 Å². The SMILES string of the molecule is O=[N+]([O-])c1nn(Cc2nn[nH]n2)c([N+](=O)[O-])c1[N+](=O)[O-]. The summed E-state index contributed by atoms with van der Waals surface area (Å²) in [5, 5.41) is 47.7. The van der Waals surface area contributed by atoms with Crippen LogP contribution in [0.5, 0.6) is 0 Å². The van der Waals surface area contributed by atoms with Gasteiger partial charge in [0.1, 0.15) is 0 Å². The van der Waals surface area contributed by atoms with Crippen molar-refractivity contribution in [1.82, 2.24) is 30.4 Å². The zero-order valence-corrected chi connectivity index (χ0v) is 9.23. The van der Waals surface area contributed by atoms with Crippen LogP contribution >= 0.6 is 0 Å². The van der Waals surface area contributed by atoms with Gasteiger partial charge in [0.05, 0.1) is 4.92 Å². The average molecular weight is 285 g/mol. The minimum absolute atomic E-state index is 0.0830. The molecule has 1 N–H and O–H groups in total. The second-order valence-corrected chi connectivity index (χ2v) is 3.25. The maximum Gasteiger partial charge on any atom is 0.498 e. The minimum atomic E-state index is -1.30. The van der Waals surface area contributed by atoms with Gasteiger partial charge in [-0.2, -0.15) is 5.21 Å². The predicted octanol–water partition coefficient (Wildman–Crippen LogP) is -0.831. The first-order chi connectivity index (χ1) is 9.41. The molecule has 0 aromatic carbocycles. The van der Waals surface area contributed by atoms with Crippen LogP contribution in [0.2, 0.25) is 0 Å². The van der Waals surface area contributed by atoms with Crippen LogP contribution in [0.1, 0.15) is 5.82 Å². The van der Waals surface area contributed by atoms with E-state index in [9.17, 15) is 30.3 Å². The van der Waals surface area contributed by atoms with E-state index in [0.29, 0.717) is 4.68 Å². The summed E-state index contributed by atoms with van der Waals surface area (Å²) in [4.78, 5) is 28.7. The molecule has 2 aromatic rings. The molecule has 15 heteroatoms. The van der Waals surface area contributed by atoms with Crippen LogP contribution in [0.15, 0.2) is 0 Å². The quantitative estimate of drug-likeness (QED) is 0.533. The van der Waals surface area contributed by atoms with Crippen LogP contribution in [0.25, 0.3) is 0 Å². The Bertz CT molecular complexity index is 688. The molecule has 0 spiro atoms. The fraction of sp³-hybridized carbons (Fsp3) is 0.200. The van der Waals surface area contributed by atoms with Gasteiger partial charge >= 0.3 is 17.3 Å². The fourth-order valence-corrected chi connectivity index (χ4v) is 1.39. The second kappa shape index (κ2) is 4.63. The molecule has 0 saturated carbocycles. The van der Waals surface area contributed by atoms with Crippen molar-refractivity contribution in [3.05, 3.63) is 36.2 Å². The Morgan fingerprint density at radius 1 is 1.10 bits per heavy atom. The molecular formula is C5H3N9O6. The van der Waals surface area contributed by atoms with Crippen LogP contribution in [0.4, 0.5) is 17.3 Å². The number of hydrogen-bond acceptors (Lipinski definition) is 10. The lowest BCUT2D eigenvalue weighted by molar-refractivity contribution is -0.441. The Morgan fingerprint density at radius 2 is 1.80 bits per heavy atom. The molecule has 20 heavy (non-hydrogen) atoms. The Kier molecular flexibility index (Phi) is 2.99. The lowest BCUT2D eigenvalue weighted by Crippen LogP contribution is -2.08. The van der Waals surface area contributed by atoms with Crippen LogP contribution in [-0.4, -0.2) is 45.2 Å². The molecule has 0 bridgehead atoms. The number of H-pyrrole nitrogens is 1. The van der Waals surface area contributed by atoms with E-state index in [-0.39, 0.29) is 5.82 Å². The average Bonchev–Trinajstić information content (AvgIpc) is 2.96. The molecule has 0 aliphatic heterocycles. The van der Waals surface area contributed by atoms with Crippen molar-refractivity contribution in [1.29, 1.82) is 0 Å². The molecule has 104 valence electrons. The van der Waals surface area contributed by atoms with Crippen molar-refractivity contribution in [3.63, 3.8) is 0 Å². The van der Waals surface area contributed by atoms with Gasteiger partial charge in [0.15, 0.2) is 11.6 Å². The molecule has 0 saturated heterocycles. The van der Waals surface area contributed by atoms with E-state index in [1.807, 2.05) is 0 Å². The molecule has 2 rings (SSSR count). The first-order valence-corrected chi connectivity index (χ1v) is 4.68. The highest BCUT2D eigenvalue weighted by molar-refractivity contribution is 5.59. The van der Waals surface area contributed by atoms with E-state index in [0.717, 1.165) is 0 Å². The summed E-state index contributed by atoms with van der Waals surface area (Å²) >= 11 is 0. The van der Waals surface area contributed by atoms with E-state index < -0.39 is 38.6 Å². The summed E-state index contributed by atoms with van der Waals surface area (Å²) in [6.45, 7) is -0.485. The normalized spacial score (nSPS) is 10.4. The monoisotopic (exact) mass is 285 g/mol. The molecule has 0 unspecified atom stereocenters. The lowest BCUT2D eigenvalue weighted by atomic mass is 10.4. The van der Waals surface area contributed by atoms with Gasteiger partial charge in [-0.25, -0.2) is 0 Å². The summed E-state index contributed by atoms with van der Waals surface area (Å²) in [6.07, 6.45) is 0. The van der Waals surface area contributed by atoms with Gasteiger partial charge in [-0.3, -0.25) is 10.1 Å².